The number of aromatic hydroxyl groups is 1. The quantitative estimate of drug-likeness (QED) is 0.738. The fraction of sp³-hybridized carbons (Fsp3) is 0.385. The van der Waals surface area contributed by atoms with Gasteiger partial charge in [-0.2, -0.15) is 0 Å². The summed E-state index contributed by atoms with van der Waals surface area (Å²) in [4.78, 5) is 12.4. The number of hydrogen-bond acceptors (Lipinski definition) is 3. The number of amides is 1. The molecule has 19 heavy (non-hydrogen) atoms. The summed E-state index contributed by atoms with van der Waals surface area (Å²) in [6.07, 6.45) is 2.56. The molecule has 1 amide bonds. The Bertz CT molecular complexity index is 521. The Hall–Kier alpha value is -1.69. The van der Waals surface area contributed by atoms with Crippen molar-refractivity contribution in [3.8, 4) is 5.75 Å². The molecule has 4 nitrogen and oxygen atoms in total. The summed E-state index contributed by atoms with van der Waals surface area (Å²) < 4.78 is 13.1. The number of rotatable bonds is 3. The molecule has 1 aliphatic carbocycles. The standard InChI is InChI=1S/C13H15FN2O2S/c14-7-4-5-11(17)9(6-7)13(18)16-10-3-1-2-8(10)12(15)19/h4-6,8,10,17H,1-3H2,(H2,15,19)(H,16,18). The second kappa shape index (κ2) is 5.52. The lowest BCUT2D eigenvalue weighted by Gasteiger charge is -2.20. The van der Waals surface area contributed by atoms with Crippen molar-refractivity contribution in [3.63, 3.8) is 0 Å². The van der Waals surface area contributed by atoms with E-state index in [9.17, 15) is 14.3 Å². The average Bonchev–Trinajstić information content (AvgIpc) is 2.80. The minimum absolute atomic E-state index is 0.0327. The summed E-state index contributed by atoms with van der Waals surface area (Å²) in [6.45, 7) is 0. The second-order valence-electron chi connectivity index (χ2n) is 4.68. The van der Waals surface area contributed by atoms with E-state index in [1.54, 1.807) is 0 Å². The van der Waals surface area contributed by atoms with Crippen LogP contribution in [0.3, 0.4) is 0 Å². The molecule has 1 aromatic rings. The maximum Gasteiger partial charge on any atom is 0.255 e. The van der Waals surface area contributed by atoms with Crippen molar-refractivity contribution >= 4 is 23.1 Å². The minimum atomic E-state index is -0.569. The Kier molecular flexibility index (Phi) is 3.99. The van der Waals surface area contributed by atoms with Crippen LogP contribution >= 0.6 is 12.2 Å². The third-order valence-corrected chi connectivity index (χ3v) is 3.70. The van der Waals surface area contributed by atoms with Crippen LogP contribution in [0.15, 0.2) is 18.2 Å². The molecule has 6 heteroatoms. The highest BCUT2D eigenvalue weighted by Crippen LogP contribution is 2.27. The van der Waals surface area contributed by atoms with E-state index in [1.165, 1.54) is 0 Å². The van der Waals surface area contributed by atoms with Gasteiger partial charge in [-0.05, 0) is 31.0 Å². The Morgan fingerprint density at radius 1 is 1.47 bits per heavy atom. The molecule has 1 saturated carbocycles. The maximum absolute atomic E-state index is 13.1. The highest BCUT2D eigenvalue weighted by Gasteiger charge is 2.31. The molecule has 0 radical (unpaired) electrons. The number of phenolic OH excluding ortho intramolecular Hbond substituents is 1. The van der Waals surface area contributed by atoms with Gasteiger partial charge in [0.05, 0.1) is 10.6 Å². The van der Waals surface area contributed by atoms with Crippen LogP contribution in [0.2, 0.25) is 0 Å². The van der Waals surface area contributed by atoms with Crippen LogP contribution in [0.5, 0.6) is 5.75 Å². The van der Waals surface area contributed by atoms with Crippen LogP contribution in [0.1, 0.15) is 29.6 Å². The molecular formula is C13H15FN2O2S. The number of hydrogen-bond donors (Lipinski definition) is 3. The zero-order chi connectivity index (χ0) is 14.0. The van der Waals surface area contributed by atoms with Crippen molar-refractivity contribution in [1.29, 1.82) is 0 Å². The number of nitrogens with two attached hydrogens (primary N) is 1. The van der Waals surface area contributed by atoms with Gasteiger partial charge in [-0.25, -0.2) is 4.39 Å². The molecule has 4 N–H and O–H groups in total. The summed E-state index contributed by atoms with van der Waals surface area (Å²) in [5.74, 6) is -1.36. The van der Waals surface area contributed by atoms with E-state index in [0.29, 0.717) is 4.99 Å². The van der Waals surface area contributed by atoms with E-state index in [-0.39, 0.29) is 23.3 Å². The second-order valence-corrected chi connectivity index (χ2v) is 5.15. The van der Waals surface area contributed by atoms with Crippen molar-refractivity contribution < 1.29 is 14.3 Å². The normalized spacial score (nSPS) is 22.2. The zero-order valence-corrected chi connectivity index (χ0v) is 11.0. The molecule has 0 spiro atoms. The third kappa shape index (κ3) is 3.01. The molecule has 0 heterocycles. The van der Waals surface area contributed by atoms with Crippen LogP contribution in [0.4, 0.5) is 4.39 Å². The lowest BCUT2D eigenvalue weighted by atomic mass is 10.0. The molecule has 1 aromatic carbocycles. The van der Waals surface area contributed by atoms with Crippen LogP contribution in [0, 0.1) is 11.7 Å². The van der Waals surface area contributed by atoms with Crippen molar-refractivity contribution in [3.05, 3.63) is 29.6 Å². The highest BCUT2D eigenvalue weighted by atomic mass is 32.1. The monoisotopic (exact) mass is 282 g/mol. The molecular weight excluding hydrogens is 267 g/mol. The Morgan fingerprint density at radius 3 is 2.89 bits per heavy atom. The lowest BCUT2D eigenvalue weighted by molar-refractivity contribution is 0.0930. The topological polar surface area (TPSA) is 75.3 Å². The predicted octanol–water partition coefficient (Wildman–Crippen LogP) is 1.72. The molecule has 0 bridgehead atoms. The zero-order valence-electron chi connectivity index (χ0n) is 10.2. The van der Waals surface area contributed by atoms with Crippen LogP contribution in [-0.2, 0) is 0 Å². The molecule has 2 rings (SSSR count). The number of nitrogens with one attached hydrogen (secondary N) is 1. The number of thiocarbonyl (C=S) groups is 1. The number of carbonyl (C=O) groups is 1. The molecule has 102 valence electrons. The first-order valence-corrected chi connectivity index (χ1v) is 6.48. The number of carbonyl (C=O) groups excluding carboxylic acids is 1. The predicted molar refractivity (Wildman–Crippen MR) is 73.4 cm³/mol. The van der Waals surface area contributed by atoms with Gasteiger partial charge < -0.3 is 16.2 Å². The number of phenols is 1. The summed E-state index contributed by atoms with van der Waals surface area (Å²) in [5, 5.41) is 12.3. The maximum atomic E-state index is 13.1. The van der Waals surface area contributed by atoms with Gasteiger partial charge >= 0.3 is 0 Å². The van der Waals surface area contributed by atoms with E-state index >= 15 is 0 Å². The van der Waals surface area contributed by atoms with E-state index in [4.69, 9.17) is 18.0 Å². The molecule has 0 aromatic heterocycles. The first kappa shape index (κ1) is 13.7. The van der Waals surface area contributed by atoms with Crippen molar-refractivity contribution in [2.75, 3.05) is 0 Å². The molecule has 0 saturated heterocycles. The van der Waals surface area contributed by atoms with Gasteiger partial charge in [0.15, 0.2) is 0 Å². The Labute approximate surface area is 115 Å². The van der Waals surface area contributed by atoms with Crippen LogP contribution in [-0.4, -0.2) is 22.0 Å². The van der Waals surface area contributed by atoms with E-state index in [0.717, 1.165) is 37.5 Å². The molecule has 2 atom stereocenters. The molecule has 1 aliphatic rings. The summed E-state index contributed by atoms with van der Waals surface area (Å²) >= 11 is 4.97. The average molecular weight is 282 g/mol. The van der Waals surface area contributed by atoms with Gasteiger partial charge in [-0.3, -0.25) is 4.79 Å². The fourth-order valence-corrected chi connectivity index (χ4v) is 2.69. The van der Waals surface area contributed by atoms with Crippen molar-refractivity contribution in [2.24, 2.45) is 11.7 Å². The van der Waals surface area contributed by atoms with Gasteiger partial charge in [0.25, 0.3) is 5.91 Å². The lowest BCUT2D eigenvalue weighted by Crippen LogP contribution is -2.41. The third-order valence-electron chi connectivity index (χ3n) is 3.40. The van der Waals surface area contributed by atoms with E-state index in [2.05, 4.69) is 5.32 Å². The van der Waals surface area contributed by atoms with Crippen LogP contribution in [0.25, 0.3) is 0 Å². The van der Waals surface area contributed by atoms with Crippen LogP contribution < -0.4 is 11.1 Å². The largest absolute Gasteiger partial charge is 0.507 e. The van der Waals surface area contributed by atoms with Gasteiger partial charge in [0.1, 0.15) is 11.6 Å². The molecule has 1 fully saturated rings. The van der Waals surface area contributed by atoms with E-state index in [1.807, 2.05) is 0 Å². The van der Waals surface area contributed by atoms with Gasteiger partial charge in [0, 0.05) is 12.0 Å². The fourth-order valence-electron chi connectivity index (χ4n) is 2.41. The summed E-state index contributed by atoms with van der Waals surface area (Å²) in [6, 6.07) is 3.12. The number of benzene rings is 1. The first-order chi connectivity index (χ1) is 8.99. The highest BCUT2D eigenvalue weighted by molar-refractivity contribution is 7.80. The summed E-state index contributed by atoms with van der Waals surface area (Å²) in [5.41, 5.74) is 5.55. The minimum Gasteiger partial charge on any atom is -0.507 e. The van der Waals surface area contributed by atoms with Gasteiger partial charge in [-0.1, -0.05) is 18.6 Å². The SMILES string of the molecule is NC(=S)C1CCCC1NC(=O)c1cc(F)ccc1O. The van der Waals surface area contributed by atoms with Gasteiger partial charge in [-0.15, -0.1) is 0 Å². The number of halogens is 1. The summed E-state index contributed by atoms with van der Waals surface area (Å²) in [7, 11) is 0. The van der Waals surface area contributed by atoms with Crippen molar-refractivity contribution in [1.82, 2.24) is 5.32 Å². The van der Waals surface area contributed by atoms with Crippen molar-refractivity contribution in [2.45, 2.75) is 25.3 Å². The Balaban J connectivity index is 2.12. The van der Waals surface area contributed by atoms with Gasteiger partial charge in [0.2, 0.25) is 0 Å². The first-order valence-electron chi connectivity index (χ1n) is 6.07. The smallest absolute Gasteiger partial charge is 0.255 e. The molecule has 2 unspecified atom stereocenters. The Morgan fingerprint density at radius 2 is 2.21 bits per heavy atom. The molecule has 0 aliphatic heterocycles. The van der Waals surface area contributed by atoms with E-state index < -0.39 is 11.7 Å².